The van der Waals surface area contributed by atoms with Gasteiger partial charge in [0.25, 0.3) is 0 Å². The van der Waals surface area contributed by atoms with Crippen molar-refractivity contribution >= 4 is 34.5 Å². The molecule has 0 spiro atoms. The van der Waals surface area contributed by atoms with Crippen LogP contribution in [0.5, 0.6) is 5.75 Å². The van der Waals surface area contributed by atoms with Crippen molar-refractivity contribution < 1.29 is 19.4 Å². The molecule has 7 nitrogen and oxygen atoms in total. The van der Waals surface area contributed by atoms with Crippen molar-refractivity contribution in [2.45, 2.75) is 13.5 Å². The van der Waals surface area contributed by atoms with Crippen LogP contribution in [-0.4, -0.2) is 37.6 Å². The molecule has 0 aliphatic carbocycles. The zero-order valence-electron chi connectivity index (χ0n) is 17.0. The molecule has 156 valence electrons. The lowest BCUT2D eigenvalue weighted by molar-refractivity contribution is -0.139. The Kier molecular flexibility index (Phi) is 5.41. The predicted molar refractivity (Wildman–Crippen MR) is 119 cm³/mol. The number of aliphatic carboxylic acids is 1. The monoisotopic (exact) mass is 415 g/mol. The van der Waals surface area contributed by atoms with E-state index < -0.39 is 12.6 Å². The lowest BCUT2D eigenvalue weighted by atomic mass is 10.1. The van der Waals surface area contributed by atoms with Crippen LogP contribution >= 0.6 is 0 Å². The Morgan fingerprint density at radius 2 is 1.84 bits per heavy atom. The first kappa shape index (κ1) is 20.2. The number of rotatable bonds is 8. The molecule has 31 heavy (non-hydrogen) atoms. The molecule has 4 aromatic rings. The van der Waals surface area contributed by atoms with Crippen molar-refractivity contribution in [2.75, 3.05) is 6.61 Å². The van der Waals surface area contributed by atoms with Gasteiger partial charge < -0.3 is 14.4 Å². The van der Waals surface area contributed by atoms with Crippen LogP contribution in [0.4, 0.5) is 0 Å². The molecule has 2 aromatic heterocycles. The Bertz CT molecular complexity index is 1330. The Balaban J connectivity index is 1.67. The maximum atomic E-state index is 13.1. The van der Waals surface area contributed by atoms with Crippen molar-refractivity contribution in [3.05, 3.63) is 84.1 Å². The molecule has 0 saturated carbocycles. The van der Waals surface area contributed by atoms with Gasteiger partial charge in [-0.3, -0.25) is 4.79 Å². The minimum Gasteiger partial charge on any atom is -0.482 e. The van der Waals surface area contributed by atoms with E-state index in [0.717, 1.165) is 22.2 Å². The number of hydrogen-bond donors (Lipinski definition) is 1. The molecule has 0 saturated heterocycles. The lowest BCUT2D eigenvalue weighted by Crippen LogP contribution is -2.09. The van der Waals surface area contributed by atoms with E-state index in [0.29, 0.717) is 23.6 Å². The van der Waals surface area contributed by atoms with E-state index in [1.807, 2.05) is 40.3 Å². The van der Waals surface area contributed by atoms with Gasteiger partial charge in [-0.2, -0.15) is 5.10 Å². The summed E-state index contributed by atoms with van der Waals surface area (Å²) in [4.78, 5) is 23.7. The van der Waals surface area contributed by atoms with E-state index in [4.69, 9.17) is 9.84 Å². The molecule has 0 fully saturated rings. The van der Waals surface area contributed by atoms with E-state index in [2.05, 4.69) is 11.7 Å². The van der Waals surface area contributed by atoms with E-state index in [1.165, 1.54) is 6.08 Å². The van der Waals surface area contributed by atoms with Gasteiger partial charge >= 0.3 is 5.97 Å². The number of allylic oxidation sites excluding steroid dienone is 2. The van der Waals surface area contributed by atoms with Crippen molar-refractivity contribution in [1.29, 1.82) is 0 Å². The fourth-order valence-electron chi connectivity index (χ4n) is 3.60. The summed E-state index contributed by atoms with van der Waals surface area (Å²) in [5, 5.41) is 13.3. The Morgan fingerprint density at radius 3 is 2.52 bits per heavy atom. The fourth-order valence-corrected chi connectivity index (χ4v) is 3.60. The molecule has 0 aliphatic heterocycles. The van der Waals surface area contributed by atoms with Gasteiger partial charge in [0.1, 0.15) is 11.4 Å². The van der Waals surface area contributed by atoms with Crippen LogP contribution in [0.2, 0.25) is 0 Å². The number of nitrogens with zero attached hydrogens (tertiary/aromatic N) is 3. The average Bonchev–Trinajstić information content (AvgIpc) is 3.25. The highest BCUT2D eigenvalue weighted by atomic mass is 16.5. The molecule has 1 N–H and O–H groups in total. The van der Waals surface area contributed by atoms with E-state index in [-0.39, 0.29) is 5.78 Å². The van der Waals surface area contributed by atoms with Crippen LogP contribution < -0.4 is 4.74 Å². The summed E-state index contributed by atoms with van der Waals surface area (Å²) in [6, 6.07) is 14.7. The van der Waals surface area contributed by atoms with Gasteiger partial charge in [-0.25, -0.2) is 9.31 Å². The number of hydrogen-bond acceptors (Lipinski definition) is 4. The zero-order chi connectivity index (χ0) is 22.0. The predicted octanol–water partition coefficient (Wildman–Crippen LogP) is 4.14. The number of aromatic nitrogens is 3. The zero-order valence-corrected chi connectivity index (χ0v) is 17.0. The molecule has 0 amide bonds. The highest BCUT2D eigenvalue weighted by Gasteiger charge is 2.21. The lowest BCUT2D eigenvalue weighted by Gasteiger charge is -2.04. The summed E-state index contributed by atoms with van der Waals surface area (Å²) in [7, 11) is 0. The normalized spacial score (nSPS) is 11.4. The molecule has 0 radical (unpaired) electrons. The average molecular weight is 415 g/mol. The summed E-state index contributed by atoms with van der Waals surface area (Å²) in [5.74, 6) is -0.730. The van der Waals surface area contributed by atoms with Crippen molar-refractivity contribution in [1.82, 2.24) is 14.2 Å². The van der Waals surface area contributed by atoms with Crippen molar-refractivity contribution in [3.8, 4) is 5.75 Å². The highest BCUT2D eigenvalue weighted by Crippen LogP contribution is 2.26. The summed E-state index contributed by atoms with van der Waals surface area (Å²) < 4.78 is 8.97. The number of imidazole rings is 1. The molecule has 0 unspecified atom stereocenters. The third kappa shape index (κ3) is 3.85. The SMILES string of the molecule is C=CCn1c2ccccc2n2nc(C)c(C(=O)/C=C/c3ccc(OCC(=O)O)cc3)c12. The number of fused-ring (bicyclic) bond motifs is 3. The molecule has 2 aromatic carbocycles. The molecule has 0 aliphatic rings. The molecule has 4 rings (SSSR count). The first-order chi connectivity index (χ1) is 15.0. The molecule has 0 bridgehead atoms. The summed E-state index contributed by atoms with van der Waals surface area (Å²) in [6.07, 6.45) is 5.03. The highest BCUT2D eigenvalue weighted by molar-refractivity contribution is 6.12. The molecule has 2 heterocycles. The molecular weight excluding hydrogens is 394 g/mol. The van der Waals surface area contributed by atoms with Gasteiger partial charge in [0, 0.05) is 6.54 Å². The van der Waals surface area contributed by atoms with Crippen molar-refractivity contribution in [3.63, 3.8) is 0 Å². The van der Waals surface area contributed by atoms with Crippen LogP contribution in [0.15, 0.2) is 67.3 Å². The molecule has 0 atom stereocenters. The van der Waals surface area contributed by atoms with Gasteiger partial charge in [-0.1, -0.05) is 36.4 Å². The van der Waals surface area contributed by atoms with Gasteiger partial charge in [-0.05, 0) is 42.8 Å². The van der Waals surface area contributed by atoms with E-state index in [1.54, 1.807) is 36.4 Å². The van der Waals surface area contributed by atoms with Crippen LogP contribution in [0, 0.1) is 6.92 Å². The van der Waals surface area contributed by atoms with Crippen LogP contribution in [-0.2, 0) is 11.3 Å². The number of carboxylic acid groups (broad SMARTS) is 1. The number of carboxylic acids is 1. The topological polar surface area (TPSA) is 85.8 Å². The largest absolute Gasteiger partial charge is 0.482 e. The third-order valence-corrected chi connectivity index (χ3v) is 4.92. The first-order valence-corrected chi connectivity index (χ1v) is 9.74. The Labute approximate surface area is 178 Å². The maximum Gasteiger partial charge on any atom is 0.341 e. The van der Waals surface area contributed by atoms with E-state index in [9.17, 15) is 9.59 Å². The number of benzene rings is 2. The van der Waals surface area contributed by atoms with E-state index >= 15 is 0 Å². The quantitative estimate of drug-likeness (QED) is 0.266. The second-order valence-corrected chi connectivity index (χ2v) is 7.03. The maximum absolute atomic E-state index is 13.1. The summed E-state index contributed by atoms with van der Waals surface area (Å²) >= 11 is 0. The summed E-state index contributed by atoms with van der Waals surface area (Å²) in [5.41, 5.74) is 4.66. The Hall–Kier alpha value is -4.13. The minimum absolute atomic E-state index is 0.146. The molecular formula is C24H21N3O4. The first-order valence-electron chi connectivity index (χ1n) is 9.74. The van der Waals surface area contributed by atoms with Gasteiger partial charge in [0.05, 0.1) is 22.3 Å². The number of ketones is 1. The number of ether oxygens (including phenoxy) is 1. The number of carbonyl (C=O) groups excluding carboxylic acids is 1. The van der Waals surface area contributed by atoms with Crippen LogP contribution in [0.3, 0.4) is 0 Å². The van der Waals surface area contributed by atoms with Crippen molar-refractivity contribution in [2.24, 2.45) is 0 Å². The second-order valence-electron chi connectivity index (χ2n) is 7.03. The number of aryl methyl sites for hydroxylation is 1. The standard InChI is InChI=1S/C24H21N3O4/c1-3-14-26-19-6-4-5-7-20(19)27-24(26)23(16(2)25-27)21(28)13-10-17-8-11-18(12-9-17)31-15-22(29)30/h3-13H,1,14-15H2,2H3,(H,29,30)/b13-10+. The Morgan fingerprint density at radius 1 is 1.13 bits per heavy atom. The second kappa shape index (κ2) is 8.31. The van der Waals surface area contributed by atoms with Crippen LogP contribution in [0.25, 0.3) is 22.8 Å². The minimum atomic E-state index is -1.04. The smallest absolute Gasteiger partial charge is 0.341 e. The number of carbonyl (C=O) groups is 2. The number of para-hydroxylation sites is 2. The van der Waals surface area contributed by atoms with Gasteiger partial charge in [-0.15, -0.1) is 6.58 Å². The fraction of sp³-hybridized carbons (Fsp3) is 0.125. The van der Waals surface area contributed by atoms with Gasteiger partial charge in [0.15, 0.2) is 12.4 Å². The third-order valence-electron chi connectivity index (χ3n) is 4.92. The summed E-state index contributed by atoms with van der Waals surface area (Å²) in [6.45, 7) is 5.83. The van der Waals surface area contributed by atoms with Gasteiger partial charge in [0.2, 0.25) is 0 Å². The molecule has 7 heteroatoms. The van der Waals surface area contributed by atoms with Crippen LogP contribution in [0.1, 0.15) is 21.6 Å².